The summed E-state index contributed by atoms with van der Waals surface area (Å²) in [7, 11) is 0. The first-order valence-corrected chi connectivity index (χ1v) is 7.86. The highest BCUT2D eigenvalue weighted by Crippen LogP contribution is 2.27. The van der Waals surface area contributed by atoms with Crippen LogP contribution in [0.15, 0.2) is 24.3 Å². The molecule has 0 amide bonds. The van der Waals surface area contributed by atoms with Crippen LogP contribution in [-0.4, -0.2) is 13.1 Å². The molecule has 0 saturated carbocycles. The summed E-state index contributed by atoms with van der Waals surface area (Å²) in [5.74, 6) is 0.913. The quantitative estimate of drug-likeness (QED) is 0.850. The van der Waals surface area contributed by atoms with Crippen LogP contribution in [0.1, 0.15) is 57.6 Å². The largest absolute Gasteiger partial charge is 0.316 e. The van der Waals surface area contributed by atoms with Crippen molar-refractivity contribution < 1.29 is 0 Å². The Morgan fingerprint density at radius 1 is 1.21 bits per heavy atom. The van der Waals surface area contributed by atoms with Gasteiger partial charge in [0.2, 0.25) is 0 Å². The van der Waals surface area contributed by atoms with Gasteiger partial charge in [0.05, 0.1) is 0 Å². The van der Waals surface area contributed by atoms with Gasteiger partial charge >= 0.3 is 0 Å². The van der Waals surface area contributed by atoms with Crippen molar-refractivity contribution >= 4 is 0 Å². The van der Waals surface area contributed by atoms with Gasteiger partial charge in [-0.05, 0) is 67.7 Å². The Morgan fingerprint density at radius 2 is 2.00 bits per heavy atom. The van der Waals surface area contributed by atoms with E-state index in [1.54, 1.807) is 5.56 Å². The summed E-state index contributed by atoms with van der Waals surface area (Å²) >= 11 is 0. The topological polar surface area (TPSA) is 12.0 Å². The Kier molecular flexibility index (Phi) is 5.04. The lowest BCUT2D eigenvalue weighted by atomic mass is 9.82. The zero-order chi connectivity index (χ0) is 13.7. The molecule has 1 saturated heterocycles. The highest BCUT2D eigenvalue weighted by atomic mass is 14.9. The molecule has 0 aromatic heterocycles. The summed E-state index contributed by atoms with van der Waals surface area (Å²) < 4.78 is 0. The second kappa shape index (κ2) is 6.56. The number of hydrogen-bond acceptors (Lipinski definition) is 1. The molecule has 0 spiro atoms. The second-order valence-electron chi connectivity index (χ2n) is 7.01. The molecule has 1 atom stereocenters. The molecule has 1 heterocycles. The molecule has 0 bridgehead atoms. The maximum atomic E-state index is 3.52. The third kappa shape index (κ3) is 4.35. The average Bonchev–Trinajstić information content (AvgIpc) is 2.39. The van der Waals surface area contributed by atoms with Crippen molar-refractivity contribution in [3.8, 4) is 0 Å². The van der Waals surface area contributed by atoms with Gasteiger partial charge in [-0.1, -0.05) is 45.0 Å². The summed E-state index contributed by atoms with van der Waals surface area (Å²) in [4.78, 5) is 0. The first kappa shape index (κ1) is 14.6. The number of piperidine rings is 1. The predicted octanol–water partition coefficient (Wildman–Crippen LogP) is 4.31. The molecule has 1 nitrogen and oxygen atoms in total. The smallest absolute Gasteiger partial charge is 0.00205 e. The zero-order valence-corrected chi connectivity index (χ0v) is 12.8. The van der Waals surface area contributed by atoms with Crippen molar-refractivity contribution in [1.82, 2.24) is 5.32 Å². The molecule has 0 aliphatic carbocycles. The molecular weight excluding hydrogens is 230 g/mol. The Labute approximate surface area is 118 Å². The van der Waals surface area contributed by atoms with Crippen molar-refractivity contribution in [3.05, 3.63) is 35.4 Å². The van der Waals surface area contributed by atoms with Gasteiger partial charge in [0.25, 0.3) is 0 Å². The van der Waals surface area contributed by atoms with Gasteiger partial charge in [-0.15, -0.1) is 0 Å². The van der Waals surface area contributed by atoms with Gasteiger partial charge < -0.3 is 5.32 Å². The number of benzene rings is 1. The predicted molar refractivity (Wildman–Crippen MR) is 83.7 cm³/mol. The summed E-state index contributed by atoms with van der Waals surface area (Å²) in [5.41, 5.74) is 3.35. The Bertz CT molecular complexity index is 383. The van der Waals surface area contributed by atoms with Gasteiger partial charge in [0.15, 0.2) is 0 Å². The molecule has 1 N–H and O–H groups in total. The van der Waals surface area contributed by atoms with Crippen molar-refractivity contribution in [2.24, 2.45) is 5.92 Å². The first-order valence-electron chi connectivity index (χ1n) is 7.86. The lowest BCUT2D eigenvalue weighted by Crippen LogP contribution is -2.29. The highest BCUT2D eigenvalue weighted by molar-refractivity contribution is 5.32. The Balaban J connectivity index is 1.88. The average molecular weight is 259 g/mol. The van der Waals surface area contributed by atoms with Crippen LogP contribution in [0.3, 0.4) is 0 Å². The van der Waals surface area contributed by atoms with E-state index >= 15 is 0 Å². The van der Waals surface area contributed by atoms with Crippen LogP contribution in [0.4, 0.5) is 0 Å². The van der Waals surface area contributed by atoms with Crippen molar-refractivity contribution in [2.45, 2.75) is 58.3 Å². The molecule has 1 aliphatic heterocycles. The van der Waals surface area contributed by atoms with E-state index in [4.69, 9.17) is 0 Å². The van der Waals surface area contributed by atoms with Crippen molar-refractivity contribution in [3.63, 3.8) is 0 Å². The van der Waals surface area contributed by atoms with Gasteiger partial charge in [-0.25, -0.2) is 0 Å². The van der Waals surface area contributed by atoms with Crippen LogP contribution in [-0.2, 0) is 11.8 Å². The third-order valence-electron chi connectivity index (χ3n) is 4.28. The normalized spacial score (nSPS) is 20.5. The number of aryl methyl sites for hydroxylation is 1. The monoisotopic (exact) mass is 259 g/mol. The van der Waals surface area contributed by atoms with E-state index in [-0.39, 0.29) is 5.41 Å². The third-order valence-corrected chi connectivity index (χ3v) is 4.28. The molecule has 1 aromatic carbocycles. The molecule has 0 radical (unpaired) electrons. The van der Waals surface area contributed by atoms with E-state index in [1.807, 2.05) is 0 Å². The van der Waals surface area contributed by atoms with E-state index in [9.17, 15) is 0 Å². The van der Waals surface area contributed by atoms with E-state index in [0.29, 0.717) is 0 Å². The van der Waals surface area contributed by atoms with Gasteiger partial charge in [0, 0.05) is 0 Å². The lowest BCUT2D eigenvalue weighted by molar-refractivity contribution is 0.350. The number of hydrogen-bond donors (Lipinski definition) is 1. The minimum atomic E-state index is 0.267. The summed E-state index contributed by atoms with van der Waals surface area (Å²) in [6, 6.07) is 8.99. The number of nitrogens with one attached hydrogen (secondary N) is 1. The van der Waals surface area contributed by atoms with Gasteiger partial charge in [-0.3, -0.25) is 0 Å². The molecule has 1 aliphatic rings. The van der Waals surface area contributed by atoms with Crippen LogP contribution in [0.2, 0.25) is 0 Å². The Morgan fingerprint density at radius 3 is 2.68 bits per heavy atom. The number of rotatable bonds is 4. The van der Waals surface area contributed by atoms with Crippen LogP contribution in [0.25, 0.3) is 0 Å². The maximum absolute atomic E-state index is 3.52. The summed E-state index contributed by atoms with van der Waals surface area (Å²) in [6.07, 6.45) is 6.74. The minimum absolute atomic E-state index is 0.267. The molecule has 1 unspecified atom stereocenters. The first-order chi connectivity index (χ1) is 9.07. The molecule has 1 fully saturated rings. The molecule has 106 valence electrons. The van der Waals surface area contributed by atoms with E-state index in [2.05, 4.69) is 50.4 Å². The summed E-state index contributed by atoms with van der Waals surface area (Å²) in [5, 5.41) is 3.52. The van der Waals surface area contributed by atoms with Crippen LogP contribution < -0.4 is 5.32 Å². The lowest BCUT2D eigenvalue weighted by Gasteiger charge is -2.24. The summed E-state index contributed by atoms with van der Waals surface area (Å²) in [6.45, 7) is 9.41. The minimum Gasteiger partial charge on any atom is -0.316 e. The Hall–Kier alpha value is -0.820. The molecule has 19 heavy (non-hydrogen) atoms. The molecular formula is C18H29N. The van der Waals surface area contributed by atoms with Crippen molar-refractivity contribution in [1.29, 1.82) is 0 Å². The molecule has 2 rings (SSSR count). The van der Waals surface area contributed by atoms with Gasteiger partial charge in [-0.2, -0.15) is 0 Å². The fourth-order valence-corrected chi connectivity index (χ4v) is 3.22. The zero-order valence-electron chi connectivity index (χ0n) is 12.8. The van der Waals surface area contributed by atoms with Crippen LogP contribution in [0.5, 0.6) is 0 Å². The second-order valence-corrected chi connectivity index (χ2v) is 7.01. The van der Waals surface area contributed by atoms with E-state index < -0.39 is 0 Å². The highest BCUT2D eigenvalue weighted by Gasteiger charge is 2.17. The van der Waals surface area contributed by atoms with Gasteiger partial charge in [0.1, 0.15) is 0 Å². The van der Waals surface area contributed by atoms with Crippen molar-refractivity contribution in [2.75, 3.05) is 13.1 Å². The maximum Gasteiger partial charge on any atom is -0.00205 e. The van der Waals surface area contributed by atoms with Crippen LogP contribution in [0, 0.1) is 5.92 Å². The standard InChI is InChI=1S/C18H29N/c1-18(2,3)17-12-5-4-10-16(17)11-6-8-15-9-7-13-19-14-15/h4-5,10,12,15,19H,6-9,11,13-14H2,1-3H3. The molecule has 1 aromatic rings. The fourth-order valence-electron chi connectivity index (χ4n) is 3.22. The SMILES string of the molecule is CC(C)(C)c1ccccc1CCCC1CCCNC1. The van der Waals surface area contributed by atoms with Crippen LogP contribution >= 0.6 is 0 Å². The van der Waals surface area contributed by atoms with E-state index in [1.165, 1.54) is 50.8 Å². The molecule has 1 heteroatoms. The van der Waals surface area contributed by atoms with E-state index in [0.717, 1.165) is 5.92 Å². The fraction of sp³-hybridized carbons (Fsp3) is 0.667.